The zero-order valence-electron chi connectivity index (χ0n) is 7.29. The predicted molar refractivity (Wildman–Crippen MR) is 52.3 cm³/mol. The Morgan fingerprint density at radius 2 is 1.82 bits per heavy atom. The van der Waals surface area contributed by atoms with Crippen LogP contribution in [-0.2, 0) is 0 Å². The molecule has 0 atom stereocenters. The highest BCUT2D eigenvalue weighted by Gasteiger charge is 1.74. The molecule has 0 heteroatoms. The summed E-state index contributed by atoms with van der Waals surface area (Å²) in [5.74, 6) is 0. The topological polar surface area (TPSA) is 0 Å². The Kier molecular flexibility index (Phi) is 8.57. The number of hydrogen-bond donors (Lipinski definition) is 0. The maximum absolute atomic E-state index is 3.77. The zero-order valence-corrected chi connectivity index (χ0v) is 7.29. The van der Waals surface area contributed by atoms with Crippen molar-refractivity contribution < 1.29 is 0 Å². The fraction of sp³-hybridized carbons (Fsp3) is 0.364. The van der Waals surface area contributed by atoms with Gasteiger partial charge in [-0.2, -0.15) is 0 Å². The molecule has 61 valence electrons. The highest BCUT2D eigenvalue weighted by atomic mass is 13.8. The smallest absolute Gasteiger partial charge is 0.0348 e. The van der Waals surface area contributed by atoms with Gasteiger partial charge in [0.25, 0.3) is 0 Å². The van der Waals surface area contributed by atoms with E-state index in [2.05, 4.69) is 19.1 Å². The summed E-state index contributed by atoms with van der Waals surface area (Å²) in [5, 5.41) is 0. The van der Waals surface area contributed by atoms with Crippen molar-refractivity contribution in [1.29, 1.82) is 0 Å². The monoisotopic (exact) mass is 149 g/mol. The molecule has 0 rings (SSSR count). The summed E-state index contributed by atoms with van der Waals surface area (Å²) in [7, 11) is 0. The lowest BCUT2D eigenvalue weighted by molar-refractivity contribution is 0.866. The summed E-state index contributed by atoms with van der Waals surface area (Å²) in [6.45, 7) is 5.78. The van der Waals surface area contributed by atoms with E-state index in [1.165, 1.54) is 6.42 Å². The fourth-order valence-corrected chi connectivity index (χ4v) is 0.676. The summed E-state index contributed by atoms with van der Waals surface area (Å²) in [6, 6.07) is 0. The lowest BCUT2D eigenvalue weighted by Gasteiger charge is -1.84. The van der Waals surface area contributed by atoms with E-state index < -0.39 is 0 Å². The molecule has 0 nitrogen and oxygen atoms in total. The molecule has 0 aromatic rings. The predicted octanol–water partition coefficient (Wildman–Crippen LogP) is 3.68. The van der Waals surface area contributed by atoms with E-state index in [9.17, 15) is 0 Å². The molecular formula is C11H17. The van der Waals surface area contributed by atoms with E-state index in [0.29, 0.717) is 0 Å². The van der Waals surface area contributed by atoms with Crippen molar-refractivity contribution >= 4 is 0 Å². The maximum atomic E-state index is 3.77. The van der Waals surface area contributed by atoms with Gasteiger partial charge in [0.1, 0.15) is 0 Å². The van der Waals surface area contributed by atoms with Gasteiger partial charge >= 0.3 is 0 Å². The van der Waals surface area contributed by atoms with Gasteiger partial charge in [0.05, 0.1) is 0 Å². The molecule has 0 aromatic carbocycles. The summed E-state index contributed by atoms with van der Waals surface area (Å²) >= 11 is 0. The van der Waals surface area contributed by atoms with Crippen LogP contribution in [0.4, 0.5) is 0 Å². The van der Waals surface area contributed by atoms with Crippen LogP contribution in [0.2, 0.25) is 0 Å². The first-order valence-corrected chi connectivity index (χ1v) is 4.15. The lowest BCUT2D eigenvalue weighted by Crippen LogP contribution is -1.65. The van der Waals surface area contributed by atoms with Gasteiger partial charge in [0.2, 0.25) is 0 Å². The van der Waals surface area contributed by atoms with Gasteiger partial charge in [-0.1, -0.05) is 49.8 Å². The average molecular weight is 149 g/mol. The fourth-order valence-electron chi connectivity index (χ4n) is 0.676. The van der Waals surface area contributed by atoms with E-state index in [0.717, 1.165) is 12.8 Å². The normalized spacial score (nSPS) is 12.5. The minimum absolute atomic E-state index is 1.03. The van der Waals surface area contributed by atoms with Crippen molar-refractivity contribution in [2.24, 2.45) is 0 Å². The van der Waals surface area contributed by atoms with Crippen LogP contribution in [0.1, 0.15) is 26.2 Å². The highest BCUT2D eigenvalue weighted by Crippen LogP contribution is 1.94. The standard InChI is InChI=1S/C11H17/c1-3-5-7-9-11-10-8-6-4-2/h4,6,8-11H,1,3,5,7H2,2H3. The Morgan fingerprint density at radius 1 is 1.09 bits per heavy atom. The minimum Gasteiger partial charge on any atom is -0.0877 e. The third-order valence-electron chi connectivity index (χ3n) is 1.28. The molecule has 0 heterocycles. The van der Waals surface area contributed by atoms with Crippen molar-refractivity contribution in [1.82, 2.24) is 0 Å². The third-order valence-corrected chi connectivity index (χ3v) is 1.28. The van der Waals surface area contributed by atoms with Gasteiger partial charge < -0.3 is 0 Å². The van der Waals surface area contributed by atoms with E-state index in [-0.39, 0.29) is 0 Å². The maximum Gasteiger partial charge on any atom is -0.0348 e. The molecule has 1 radical (unpaired) electrons. The second kappa shape index (κ2) is 9.22. The lowest BCUT2D eigenvalue weighted by atomic mass is 10.2. The molecule has 0 aliphatic carbocycles. The third kappa shape index (κ3) is 9.22. The van der Waals surface area contributed by atoms with Crippen LogP contribution in [-0.4, -0.2) is 0 Å². The molecule has 0 aliphatic rings. The van der Waals surface area contributed by atoms with Gasteiger partial charge in [0.15, 0.2) is 0 Å². The van der Waals surface area contributed by atoms with Crippen molar-refractivity contribution in [3.05, 3.63) is 43.4 Å². The zero-order chi connectivity index (χ0) is 8.36. The average Bonchev–Trinajstić information content (AvgIpc) is 2.03. The number of allylic oxidation sites excluding steroid dienone is 6. The second-order valence-electron chi connectivity index (χ2n) is 2.33. The molecule has 0 fully saturated rings. The molecule has 11 heavy (non-hydrogen) atoms. The Balaban J connectivity index is 3.28. The van der Waals surface area contributed by atoms with Crippen molar-refractivity contribution in [2.45, 2.75) is 26.2 Å². The molecule has 0 aliphatic heterocycles. The molecule has 0 bridgehead atoms. The van der Waals surface area contributed by atoms with Crippen LogP contribution >= 0.6 is 0 Å². The summed E-state index contributed by atoms with van der Waals surface area (Å²) in [4.78, 5) is 0. The molecule has 0 unspecified atom stereocenters. The van der Waals surface area contributed by atoms with Crippen molar-refractivity contribution in [3.8, 4) is 0 Å². The van der Waals surface area contributed by atoms with Crippen LogP contribution in [0.25, 0.3) is 0 Å². The highest BCUT2D eigenvalue weighted by molar-refractivity contribution is 5.10. The van der Waals surface area contributed by atoms with Crippen LogP contribution in [0.15, 0.2) is 36.5 Å². The second-order valence-corrected chi connectivity index (χ2v) is 2.33. The molecule has 0 N–H and O–H groups in total. The van der Waals surface area contributed by atoms with Gasteiger partial charge in [-0.3, -0.25) is 0 Å². The first-order chi connectivity index (χ1) is 5.41. The van der Waals surface area contributed by atoms with E-state index in [1.807, 2.05) is 31.2 Å². The first kappa shape index (κ1) is 10.2. The van der Waals surface area contributed by atoms with Crippen molar-refractivity contribution in [3.63, 3.8) is 0 Å². The van der Waals surface area contributed by atoms with Crippen LogP contribution < -0.4 is 0 Å². The number of hydrogen-bond acceptors (Lipinski definition) is 0. The van der Waals surface area contributed by atoms with E-state index in [1.54, 1.807) is 0 Å². The molecule has 0 spiro atoms. The molecule has 0 aromatic heterocycles. The Bertz CT molecular complexity index is 138. The molecule has 0 amide bonds. The first-order valence-electron chi connectivity index (χ1n) is 4.15. The Hall–Kier alpha value is -0.780. The Morgan fingerprint density at radius 3 is 2.45 bits per heavy atom. The number of rotatable bonds is 5. The molecule has 0 saturated heterocycles. The SMILES string of the molecule is [CH2]CCCC=CC=CC=CC. The summed E-state index contributed by atoms with van der Waals surface area (Å²) in [6.07, 6.45) is 15.7. The number of unbranched alkanes of at least 4 members (excludes halogenated alkanes) is 2. The molecular weight excluding hydrogens is 132 g/mol. The van der Waals surface area contributed by atoms with E-state index in [4.69, 9.17) is 0 Å². The van der Waals surface area contributed by atoms with Gasteiger partial charge in [-0.05, 0) is 19.8 Å². The van der Waals surface area contributed by atoms with Crippen LogP contribution in [0.3, 0.4) is 0 Å². The quantitative estimate of drug-likeness (QED) is 0.413. The Labute approximate surface area is 70.3 Å². The van der Waals surface area contributed by atoms with Crippen LogP contribution in [0.5, 0.6) is 0 Å². The van der Waals surface area contributed by atoms with Crippen molar-refractivity contribution in [2.75, 3.05) is 0 Å². The largest absolute Gasteiger partial charge is 0.0877 e. The molecule has 0 saturated carbocycles. The summed E-state index contributed by atoms with van der Waals surface area (Å²) < 4.78 is 0. The van der Waals surface area contributed by atoms with Gasteiger partial charge in [-0.25, -0.2) is 0 Å². The van der Waals surface area contributed by atoms with Crippen LogP contribution in [0, 0.1) is 6.92 Å². The summed E-state index contributed by atoms with van der Waals surface area (Å²) in [5.41, 5.74) is 0. The minimum atomic E-state index is 1.03. The van der Waals surface area contributed by atoms with Gasteiger partial charge in [-0.15, -0.1) is 0 Å². The van der Waals surface area contributed by atoms with E-state index >= 15 is 0 Å². The van der Waals surface area contributed by atoms with Gasteiger partial charge in [0, 0.05) is 0 Å².